The average molecular weight is 236 g/mol. The van der Waals surface area contributed by atoms with Crippen molar-refractivity contribution in [3.8, 4) is 0 Å². The fourth-order valence-electron chi connectivity index (χ4n) is 2.55. The van der Waals surface area contributed by atoms with E-state index >= 15 is 0 Å². The summed E-state index contributed by atoms with van der Waals surface area (Å²) in [5, 5.41) is 14.1. The van der Waals surface area contributed by atoms with Crippen LogP contribution in [0.25, 0.3) is 0 Å². The highest BCUT2D eigenvalue weighted by molar-refractivity contribution is 5.44. The maximum Gasteiger partial charge on any atom is 0.150 e. The highest BCUT2D eigenvalue weighted by atomic mass is 16.3. The molecule has 1 aromatic rings. The Bertz CT molecular complexity index is 422. The molecule has 5 heteroatoms. The number of hydrogen-bond donors (Lipinski definition) is 2. The highest BCUT2D eigenvalue weighted by Gasteiger charge is 2.28. The molecule has 1 aromatic heterocycles. The Balaban J connectivity index is 1.84. The van der Waals surface area contributed by atoms with Crippen molar-refractivity contribution < 1.29 is 5.11 Å². The molecule has 1 aliphatic heterocycles. The molecule has 0 spiro atoms. The minimum absolute atomic E-state index is 0.408. The largest absolute Gasteiger partial charge is 0.382 e. The number of nitrogens with two attached hydrogens (primary N) is 1. The summed E-state index contributed by atoms with van der Waals surface area (Å²) < 4.78 is 2.10. The lowest BCUT2D eigenvalue weighted by Gasteiger charge is -2.29. The number of anilines is 1. The van der Waals surface area contributed by atoms with E-state index in [1.54, 1.807) is 6.92 Å². The van der Waals surface area contributed by atoms with Gasteiger partial charge in [-0.3, -0.25) is 9.58 Å². The first-order valence-electron chi connectivity index (χ1n) is 6.41. The normalized spacial score (nSPS) is 22.5. The Labute approximate surface area is 101 Å². The van der Waals surface area contributed by atoms with Crippen LogP contribution in [0.3, 0.4) is 0 Å². The van der Waals surface area contributed by atoms with Gasteiger partial charge in [-0.05, 0) is 25.7 Å². The van der Waals surface area contributed by atoms with Crippen LogP contribution in [0.2, 0.25) is 0 Å². The Morgan fingerprint density at radius 1 is 1.53 bits per heavy atom. The SMILES string of the molecule is CC(O)N1CCc2c(c(N)nn2CC2CC2)C1. The molecule has 17 heavy (non-hydrogen) atoms. The van der Waals surface area contributed by atoms with E-state index in [2.05, 4.69) is 9.78 Å². The molecule has 3 N–H and O–H groups in total. The second-order valence-corrected chi connectivity index (χ2v) is 5.29. The van der Waals surface area contributed by atoms with Gasteiger partial charge in [-0.1, -0.05) is 0 Å². The van der Waals surface area contributed by atoms with Gasteiger partial charge in [0, 0.05) is 37.3 Å². The zero-order chi connectivity index (χ0) is 12.0. The topological polar surface area (TPSA) is 67.3 Å². The third-order valence-corrected chi connectivity index (χ3v) is 3.85. The van der Waals surface area contributed by atoms with Gasteiger partial charge in [0.25, 0.3) is 0 Å². The molecule has 1 unspecified atom stereocenters. The summed E-state index contributed by atoms with van der Waals surface area (Å²) >= 11 is 0. The first-order chi connectivity index (χ1) is 8.15. The predicted molar refractivity (Wildman–Crippen MR) is 65.2 cm³/mol. The molecule has 1 saturated carbocycles. The summed E-state index contributed by atoms with van der Waals surface area (Å²) in [6, 6.07) is 0. The van der Waals surface area contributed by atoms with Gasteiger partial charge in [0.1, 0.15) is 12.0 Å². The van der Waals surface area contributed by atoms with E-state index in [0.717, 1.165) is 37.5 Å². The molecular formula is C12H20N4O. The number of fused-ring (bicyclic) bond motifs is 1. The number of nitrogen functional groups attached to an aromatic ring is 1. The Morgan fingerprint density at radius 2 is 2.29 bits per heavy atom. The smallest absolute Gasteiger partial charge is 0.150 e. The molecule has 0 aromatic carbocycles. The quantitative estimate of drug-likeness (QED) is 0.805. The number of aromatic nitrogens is 2. The van der Waals surface area contributed by atoms with E-state index in [-0.39, 0.29) is 0 Å². The number of aliphatic hydroxyl groups is 1. The summed E-state index contributed by atoms with van der Waals surface area (Å²) in [4.78, 5) is 2.03. The van der Waals surface area contributed by atoms with Gasteiger partial charge in [-0.15, -0.1) is 0 Å². The van der Waals surface area contributed by atoms with E-state index in [0.29, 0.717) is 5.82 Å². The molecule has 3 rings (SSSR count). The molecule has 1 atom stereocenters. The average Bonchev–Trinajstić information content (AvgIpc) is 3.05. The summed E-state index contributed by atoms with van der Waals surface area (Å²) in [5.41, 5.74) is 8.39. The Hall–Kier alpha value is -1.07. The summed E-state index contributed by atoms with van der Waals surface area (Å²) in [6.07, 6.45) is 3.19. The monoisotopic (exact) mass is 236 g/mol. The summed E-state index contributed by atoms with van der Waals surface area (Å²) in [5.74, 6) is 1.46. The number of hydrogen-bond acceptors (Lipinski definition) is 4. The predicted octanol–water partition coefficient (Wildman–Crippen LogP) is 0.572. The van der Waals surface area contributed by atoms with Crippen molar-refractivity contribution in [3.05, 3.63) is 11.3 Å². The summed E-state index contributed by atoms with van der Waals surface area (Å²) in [6.45, 7) is 4.44. The van der Waals surface area contributed by atoms with Gasteiger partial charge in [0.15, 0.2) is 0 Å². The van der Waals surface area contributed by atoms with Crippen molar-refractivity contribution in [2.45, 2.75) is 45.5 Å². The van der Waals surface area contributed by atoms with Crippen LogP contribution in [-0.2, 0) is 19.5 Å². The van der Waals surface area contributed by atoms with Gasteiger partial charge in [0.2, 0.25) is 0 Å². The third kappa shape index (κ3) is 2.05. The van der Waals surface area contributed by atoms with Gasteiger partial charge >= 0.3 is 0 Å². The van der Waals surface area contributed by atoms with Crippen LogP contribution in [0.15, 0.2) is 0 Å². The van der Waals surface area contributed by atoms with Crippen molar-refractivity contribution >= 4 is 5.82 Å². The maximum atomic E-state index is 9.61. The molecule has 0 saturated heterocycles. The van der Waals surface area contributed by atoms with Crippen LogP contribution in [0.5, 0.6) is 0 Å². The molecule has 0 radical (unpaired) electrons. The van der Waals surface area contributed by atoms with E-state index in [1.165, 1.54) is 18.5 Å². The lowest BCUT2D eigenvalue weighted by molar-refractivity contribution is 0.00879. The standard InChI is InChI=1S/C12H20N4O/c1-8(17)15-5-4-11-10(7-15)12(13)14-16(11)6-9-2-3-9/h8-9,17H,2-7H2,1H3,(H2,13,14). The minimum atomic E-state index is -0.408. The number of aliphatic hydroxyl groups excluding tert-OH is 1. The molecule has 1 aliphatic carbocycles. The number of rotatable bonds is 3. The number of nitrogens with zero attached hydrogens (tertiary/aromatic N) is 3. The molecular weight excluding hydrogens is 216 g/mol. The zero-order valence-electron chi connectivity index (χ0n) is 10.3. The van der Waals surface area contributed by atoms with Crippen molar-refractivity contribution in [2.75, 3.05) is 12.3 Å². The van der Waals surface area contributed by atoms with Crippen molar-refractivity contribution in [1.82, 2.24) is 14.7 Å². The van der Waals surface area contributed by atoms with Crippen LogP contribution in [0.4, 0.5) is 5.82 Å². The van der Waals surface area contributed by atoms with Gasteiger partial charge in [-0.2, -0.15) is 5.10 Å². The second kappa shape index (κ2) is 3.99. The van der Waals surface area contributed by atoms with Crippen LogP contribution in [0, 0.1) is 5.92 Å². The zero-order valence-corrected chi connectivity index (χ0v) is 10.3. The van der Waals surface area contributed by atoms with Crippen LogP contribution < -0.4 is 5.73 Å². The van der Waals surface area contributed by atoms with Crippen LogP contribution >= 0.6 is 0 Å². The lowest BCUT2D eigenvalue weighted by Crippen LogP contribution is -2.37. The van der Waals surface area contributed by atoms with Gasteiger partial charge < -0.3 is 10.8 Å². The lowest BCUT2D eigenvalue weighted by atomic mass is 10.1. The molecule has 0 amide bonds. The van der Waals surface area contributed by atoms with Crippen molar-refractivity contribution in [2.24, 2.45) is 5.92 Å². The first-order valence-corrected chi connectivity index (χ1v) is 6.41. The van der Waals surface area contributed by atoms with Crippen molar-refractivity contribution in [1.29, 1.82) is 0 Å². The molecule has 94 valence electrons. The fourth-order valence-corrected chi connectivity index (χ4v) is 2.55. The van der Waals surface area contributed by atoms with Crippen LogP contribution in [-0.4, -0.2) is 32.6 Å². The molecule has 2 heterocycles. The third-order valence-electron chi connectivity index (χ3n) is 3.85. The summed E-state index contributed by atoms with van der Waals surface area (Å²) in [7, 11) is 0. The maximum absolute atomic E-state index is 9.61. The molecule has 2 aliphatic rings. The van der Waals surface area contributed by atoms with Gasteiger partial charge in [0.05, 0.1) is 0 Å². The molecule has 0 bridgehead atoms. The van der Waals surface area contributed by atoms with E-state index in [9.17, 15) is 5.11 Å². The first kappa shape index (κ1) is 11.0. The second-order valence-electron chi connectivity index (χ2n) is 5.29. The van der Waals surface area contributed by atoms with E-state index in [1.807, 2.05) is 4.90 Å². The van der Waals surface area contributed by atoms with E-state index in [4.69, 9.17) is 5.73 Å². The van der Waals surface area contributed by atoms with Crippen molar-refractivity contribution in [3.63, 3.8) is 0 Å². The molecule has 5 nitrogen and oxygen atoms in total. The fraction of sp³-hybridized carbons (Fsp3) is 0.750. The Kier molecular flexibility index (Phi) is 2.60. The van der Waals surface area contributed by atoms with Gasteiger partial charge in [-0.25, -0.2) is 0 Å². The Morgan fingerprint density at radius 3 is 2.94 bits per heavy atom. The van der Waals surface area contributed by atoms with Crippen LogP contribution in [0.1, 0.15) is 31.0 Å². The van der Waals surface area contributed by atoms with E-state index < -0.39 is 6.23 Å². The molecule has 1 fully saturated rings. The highest BCUT2D eigenvalue weighted by Crippen LogP contribution is 2.33. The minimum Gasteiger partial charge on any atom is -0.382 e.